The zero-order valence-electron chi connectivity index (χ0n) is 16.5. The lowest BCUT2D eigenvalue weighted by atomic mass is 10.2. The van der Waals surface area contributed by atoms with E-state index in [1.165, 1.54) is 0 Å². The van der Waals surface area contributed by atoms with E-state index in [1.807, 2.05) is 69.3 Å². The topological polar surface area (TPSA) is 59.6 Å². The number of benzene rings is 2. The minimum Gasteiger partial charge on any atom is -0.484 e. The SMILES string of the molecule is Cc1ccc(NC(=O)COc2cccc(CNCCCOC(C)C)c2)cc1. The van der Waals surface area contributed by atoms with Crippen molar-refractivity contribution in [2.75, 3.05) is 25.1 Å². The fraction of sp³-hybridized carbons (Fsp3) is 0.409. The first-order valence-corrected chi connectivity index (χ1v) is 9.43. The van der Waals surface area contributed by atoms with Gasteiger partial charge in [-0.25, -0.2) is 0 Å². The third kappa shape index (κ3) is 8.71. The van der Waals surface area contributed by atoms with Gasteiger partial charge >= 0.3 is 0 Å². The number of carbonyl (C=O) groups is 1. The highest BCUT2D eigenvalue weighted by molar-refractivity contribution is 5.91. The van der Waals surface area contributed by atoms with Gasteiger partial charge in [-0.2, -0.15) is 0 Å². The Morgan fingerprint density at radius 1 is 1.11 bits per heavy atom. The number of hydrogen-bond acceptors (Lipinski definition) is 4. The molecule has 0 radical (unpaired) electrons. The number of amides is 1. The van der Waals surface area contributed by atoms with Crippen LogP contribution in [0.4, 0.5) is 5.69 Å². The Morgan fingerprint density at radius 2 is 1.89 bits per heavy atom. The van der Waals surface area contributed by atoms with Crippen LogP contribution in [0.1, 0.15) is 31.4 Å². The first-order chi connectivity index (χ1) is 13.0. The number of ether oxygens (including phenoxy) is 2. The molecule has 0 heterocycles. The first-order valence-electron chi connectivity index (χ1n) is 9.43. The maximum atomic E-state index is 12.0. The Bertz CT molecular complexity index is 699. The van der Waals surface area contributed by atoms with Crippen LogP contribution in [0.3, 0.4) is 0 Å². The van der Waals surface area contributed by atoms with Gasteiger partial charge in [0.05, 0.1) is 6.10 Å². The number of carbonyl (C=O) groups excluding carboxylic acids is 1. The van der Waals surface area contributed by atoms with Crippen LogP contribution < -0.4 is 15.4 Å². The fourth-order valence-electron chi connectivity index (χ4n) is 2.48. The lowest BCUT2D eigenvalue weighted by molar-refractivity contribution is -0.118. The van der Waals surface area contributed by atoms with Crippen LogP contribution in [0.2, 0.25) is 0 Å². The monoisotopic (exact) mass is 370 g/mol. The van der Waals surface area contributed by atoms with Gasteiger partial charge in [0.1, 0.15) is 5.75 Å². The highest BCUT2D eigenvalue weighted by Gasteiger charge is 2.04. The van der Waals surface area contributed by atoms with Gasteiger partial charge in [0.15, 0.2) is 6.61 Å². The Balaban J connectivity index is 1.70. The third-order valence-corrected chi connectivity index (χ3v) is 3.88. The molecule has 2 N–H and O–H groups in total. The molecule has 146 valence electrons. The second-order valence-electron chi connectivity index (χ2n) is 6.80. The minimum atomic E-state index is -0.174. The van der Waals surface area contributed by atoms with Crippen LogP contribution in [0.5, 0.6) is 5.75 Å². The van der Waals surface area contributed by atoms with Gasteiger partial charge in [0.2, 0.25) is 0 Å². The molecule has 5 heteroatoms. The van der Waals surface area contributed by atoms with E-state index in [0.29, 0.717) is 5.75 Å². The summed E-state index contributed by atoms with van der Waals surface area (Å²) in [4.78, 5) is 12.0. The quantitative estimate of drug-likeness (QED) is 0.589. The van der Waals surface area contributed by atoms with Gasteiger partial charge in [-0.1, -0.05) is 29.8 Å². The van der Waals surface area contributed by atoms with Crippen molar-refractivity contribution in [3.8, 4) is 5.75 Å². The summed E-state index contributed by atoms with van der Waals surface area (Å²) in [5.41, 5.74) is 3.05. The van der Waals surface area contributed by atoms with Gasteiger partial charge in [0, 0.05) is 18.8 Å². The van der Waals surface area contributed by atoms with Crippen molar-refractivity contribution < 1.29 is 14.3 Å². The smallest absolute Gasteiger partial charge is 0.262 e. The van der Waals surface area contributed by atoms with Crippen LogP contribution in [0.15, 0.2) is 48.5 Å². The van der Waals surface area contributed by atoms with E-state index < -0.39 is 0 Å². The summed E-state index contributed by atoms with van der Waals surface area (Å²) in [6.07, 6.45) is 1.26. The van der Waals surface area contributed by atoms with Crippen molar-refractivity contribution in [2.24, 2.45) is 0 Å². The standard InChI is InChI=1S/C22H30N2O3/c1-17(2)26-13-5-12-23-15-19-6-4-7-21(14-19)27-16-22(25)24-20-10-8-18(3)9-11-20/h4,6-11,14,17,23H,5,12-13,15-16H2,1-3H3,(H,24,25). The van der Waals surface area contributed by atoms with Gasteiger partial charge < -0.3 is 20.1 Å². The Kier molecular flexibility index (Phi) is 8.81. The fourth-order valence-corrected chi connectivity index (χ4v) is 2.48. The lowest BCUT2D eigenvalue weighted by Gasteiger charge is -2.10. The zero-order chi connectivity index (χ0) is 19.5. The predicted molar refractivity (Wildman–Crippen MR) is 109 cm³/mol. The van der Waals surface area contributed by atoms with Crippen LogP contribution in [-0.4, -0.2) is 31.8 Å². The second kappa shape index (κ2) is 11.4. The molecule has 5 nitrogen and oxygen atoms in total. The van der Waals surface area contributed by atoms with E-state index in [0.717, 1.165) is 42.9 Å². The van der Waals surface area contributed by atoms with E-state index in [1.54, 1.807) is 0 Å². The Labute approximate surface area is 162 Å². The van der Waals surface area contributed by atoms with Crippen molar-refractivity contribution in [3.63, 3.8) is 0 Å². The van der Waals surface area contributed by atoms with Crippen molar-refractivity contribution in [1.82, 2.24) is 5.32 Å². The highest BCUT2D eigenvalue weighted by atomic mass is 16.5. The van der Waals surface area contributed by atoms with E-state index in [2.05, 4.69) is 10.6 Å². The summed E-state index contributed by atoms with van der Waals surface area (Å²) in [6, 6.07) is 15.5. The van der Waals surface area contributed by atoms with Crippen molar-refractivity contribution in [1.29, 1.82) is 0 Å². The summed E-state index contributed by atoms with van der Waals surface area (Å²) in [5.74, 6) is 0.518. The maximum absolute atomic E-state index is 12.0. The van der Waals surface area contributed by atoms with E-state index in [9.17, 15) is 4.79 Å². The Hall–Kier alpha value is -2.37. The molecule has 0 bridgehead atoms. The molecule has 0 aliphatic carbocycles. The third-order valence-electron chi connectivity index (χ3n) is 3.88. The zero-order valence-corrected chi connectivity index (χ0v) is 16.5. The maximum Gasteiger partial charge on any atom is 0.262 e. The summed E-state index contributed by atoms with van der Waals surface area (Å²) < 4.78 is 11.1. The van der Waals surface area contributed by atoms with Crippen LogP contribution in [-0.2, 0) is 16.1 Å². The molecule has 0 aromatic heterocycles. The van der Waals surface area contributed by atoms with Gasteiger partial charge in [-0.3, -0.25) is 4.79 Å². The molecule has 1 amide bonds. The summed E-state index contributed by atoms with van der Waals surface area (Å²) in [6.45, 7) is 8.50. The predicted octanol–water partition coefficient (Wildman–Crippen LogP) is 3.92. The normalized spacial score (nSPS) is 10.8. The number of rotatable bonds is 11. The lowest BCUT2D eigenvalue weighted by Crippen LogP contribution is -2.20. The first kappa shape index (κ1) is 20.9. The molecular formula is C22H30N2O3. The van der Waals surface area contributed by atoms with Crippen LogP contribution in [0, 0.1) is 6.92 Å². The van der Waals surface area contributed by atoms with Gasteiger partial charge in [-0.15, -0.1) is 0 Å². The van der Waals surface area contributed by atoms with Crippen LogP contribution >= 0.6 is 0 Å². The van der Waals surface area contributed by atoms with Crippen LogP contribution in [0.25, 0.3) is 0 Å². The van der Waals surface area contributed by atoms with E-state index in [4.69, 9.17) is 9.47 Å². The molecule has 2 aromatic carbocycles. The number of hydrogen-bond donors (Lipinski definition) is 2. The molecule has 0 fully saturated rings. The number of aryl methyl sites for hydroxylation is 1. The highest BCUT2D eigenvalue weighted by Crippen LogP contribution is 2.14. The summed E-state index contributed by atoms with van der Waals surface area (Å²) in [5, 5.41) is 6.22. The molecule has 0 spiro atoms. The number of nitrogens with one attached hydrogen (secondary N) is 2. The molecule has 0 saturated carbocycles. The molecule has 0 aliphatic rings. The number of anilines is 1. The molecule has 0 atom stereocenters. The minimum absolute atomic E-state index is 0.0166. The average Bonchev–Trinajstić information content (AvgIpc) is 2.65. The average molecular weight is 370 g/mol. The molecule has 2 aromatic rings. The van der Waals surface area contributed by atoms with E-state index >= 15 is 0 Å². The van der Waals surface area contributed by atoms with Crippen molar-refractivity contribution >= 4 is 11.6 Å². The Morgan fingerprint density at radius 3 is 2.63 bits per heavy atom. The summed E-state index contributed by atoms with van der Waals surface area (Å²) >= 11 is 0. The summed E-state index contributed by atoms with van der Waals surface area (Å²) in [7, 11) is 0. The van der Waals surface area contributed by atoms with E-state index in [-0.39, 0.29) is 18.6 Å². The molecule has 2 rings (SSSR count). The molecule has 27 heavy (non-hydrogen) atoms. The molecule has 0 unspecified atom stereocenters. The molecule has 0 aliphatic heterocycles. The van der Waals surface area contributed by atoms with Crippen molar-refractivity contribution in [2.45, 2.75) is 39.8 Å². The van der Waals surface area contributed by atoms with Gasteiger partial charge in [0.25, 0.3) is 5.91 Å². The van der Waals surface area contributed by atoms with Gasteiger partial charge in [-0.05, 0) is 63.6 Å². The largest absolute Gasteiger partial charge is 0.484 e. The second-order valence-corrected chi connectivity index (χ2v) is 6.80. The molecular weight excluding hydrogens is 340 g/mol. The molecule has 0 saturated heterocycles. The van der Waals surface area contributed by atoms with Crippen molar-refractivity contribution in [3.05, 3.63) is 59.7 Å².